The molecule has 2 heterocycles. The van der Waals surface area contributed by atoms with Gasteiger partial charge in [0.25, 0.3) is 0 Å². The van der Waals surface area contributed by atoms with E-state index in [1.54, 1.807) is 29.3 Å². The van der Waals surface area contributed by atoms with Gasteiger partial charge in [0, 0.05) is 18.8 Å². The van der Waals surface area contributed by atoms with Gasteiger partial charge in [-0.25, -0.2) is 4.52 Å². The summed E-state index contributed by atoms with van der Waals surface area (Å²) in [4.78, 5) is 16.4. The summed E-state index contributed by atoms with van der Waals surface area (Å²) < 4.78 is 1.66. The molecule has 0 aliphatic carbocycles. The zero-order chi connectivity index (χ0) is 13.2. The van der Waals surface area contributed by atoms with Crippen LogP contribution in [0.2, 0.25) is 0 Å². The van der Waals surface area contributed by atoms with E-state index in [0.717, 1.165) is 16.6 Å². The number of benzene rings is 1. The van der Waals surface area contributed by atoms with Gasteiger partial charge in [-0.3, -0.25) is 9.78 Å². The smallest absolute Gasteiger partial charge is 0.171 e. The molecule has 0 aliphatic rings. The van der Waals surface area contributed by atoms with Crippen LogP contribution in [0.15, 0.2) is 49.1 Å². The minimum Gasteiger partial charge on any atom is -0.294 e. The van der Waals surface area contributed by atoms with Gasteiger partial charge in [-0.05, 0) is 12.5 Å². The average Bonchev–Trinajstić information content (AvgIpc) is 2.82. The summed E-state index contributed by atoms with van der Waals surface area (Å²) in [7, 11) is 0. The monoisotopic (exact) mass is 251 g/mol. The number of carbonyl (C=O) groups is 1. The maximum atomic E-state index is 12.3. The maximum Gasteiger partial charge on any atom is 0.171 e. The SMILES string of the molecule is Cc1cccc(CC(=O)c2cnn3ccncc23)c1. The lowest BCUT2D eigenvalue weighted by Gasteiger charge is -2.01. The molecule has 0 spiro atoms. The van der Waals surface area contributed by atoms with Crippen molar-refractivity contribution in [2.75, 3.05) is 0 Å². The number of aromatic nitrogens is 3. The Morgan fingerprint density at radius 1 is 1.32 bits per heavy atom. The van der Waals surface area contributed by atoms with E-state index in [1.165, 1.54) is 0 Å². The molecule has 0 amide bonds. The number of Topliss-reactive ketones (excluding diaryl/α,β-unsaturated/α-hetero) is 1. The molecular weight excluding hydrogens is 238 g/mol. The quantitative estimate of drug-likeness (QED) is 0.672. The number of ketones is 1. The number of rotatable bonds is 3. The molecule has 0 unspecified atom stereocenters. The van der Waals surface area contributed by atoms with Gasteiger partial charge in [0.1, 0.15) is 0 Å². The lowest BCUT2D eigenvalue weighted by Crippen LogP contribution is -2.03. The van der Waals surface area contributed by atoms with Gasteiger partial charge in [0.2, 0.25) is 0 Å². The fourth-order valence-electron chi connectivity index (χ4n) is 2.15. The van der Waals surface area contributed by atoms with Crippen molar-refractivity contribution in [3.63, 3.8) is 0 Å². The fraction of sp³-hybridized carbons (Fsp3) is 0.133. The lowest BCUT2D eigenvalue weighted by atomic mass is 10.0. The molecule has 4 nitrogen and oxygen atoms in total. The van der Waals surface area contributed by atoms with Crippen molar-refractivity contribution in [3.05, 3.63) is 65.7 Å². The molecule has 0 aliphatic heterocycles. The normalized spacial score (nSPS) is 10.8. The Bertz CT molecular complexity index is 746. The Hall–Kier alpha value is -2.49. The summed E-state index contributed by atoms with van der Waals surface area (Å²) in [6.45, 7) is 2.02. The molecule has 0 atom stereocenters. The van der Waals surface area contributed by atoms with Crippen LogP contribution in [0.3, 0.4) is 0 Å². The molecule has 0 fully saturated rings. The molecule has 0 saturated heterocycles. The molecule has 0 radical (unpaired) electrons. The van der Waals surface area contributed by atoms with E-state index in [1.807, 2.05) is 31.2 Å². The molecule has 3 rings (SSSR count). The molecule has 19 heavy (non-hydrogen) atoms. The van der Waals surface area contributed by atoms with Crippen molar-refractivity contribution in [1.29, 1.82) is 0 Å². The highest BCUT2D eigenvalue weighted by atomic mass is 16.1. The second kappa shape index (κ2) is 4.65. The standard InChI is InChI=1S/C15H13N3O/c1-11-3-2-4-12(7-11)8-15(19)13-9-17-18-6-5-16-10-14(13)18/h2-7,9-10H,8H2,1H3. The first-order valence-corrected chi connectivity index (χ1v) is 6.10. The Labute approximate surface area is 110 Å². The van der Waals surface area contributed by atoms with Crippen LogP contribution in [-0.2, 0) is 6.42 Å². The van der Waals surface area contributed by atoms with Crippen LogP contribution >= 0.6 is 0 Å². The molecule has 0 bridgehead atoms. The van der Waals surface area contributed by atoms with Crippen molar-refractivity contribution in [2.24, 2.45) is 0 Å². The predicted octanol–water partition coefficient (Wildman–Crippen LogP) is 2.46. The number of hydrogen-bond donors (Lipinski definition) is 0. The molecule has 1 aromatic carbocycles. The van der Waals surface area contributed by atoms with Crippen LogP contribution in [0.1, 0.15) is 21.5 Å². The fourth-order valence-corrected chi connectivity index (χ4v) is 2.15. The van der Waals surface area contributed by atoms with Gasteiger partial charge in [-0.2, -0.15) is 5.10 Å². The Balaban J connectivity index is 1.92. The van der Waals surface area contributed by atoms with Crippen LogP contribution < -0.4 is 0 Å². The third-order valence-corrected chi connectivity index (χ3v) is 3.07. The number of carbonyl (C=O) groups excluding carboxylic acids is 1. The topological polar surface area (TPSA) is 47.3 Å². The van der Waals surface area contributed by atoms with E-state index < -0.39 is 0 Å². The summed E-state index contributed by atoms with van der Waals surface area (Å²) in [5, 5.41) is 4.15. The van der Waals surface area contributed by atoms with E-state index in [9.17, 15) is 4.79 Å². The number of nitrogens with zero attached hydrogens (tertiary/aromatic N) is 3. The zero-order valence-corrected chi connectivity index (χ0v) is 10.6. The number of aryl methyl sites for hydroxylation is 1. The minimum absolute atomic E-state index is 0.0635. The largest absolute Gasteiger partial charge is 0.294 e. The summed E-state index contributed by atoms with van der Waals surface area (Å²) in [6.07, 6.45) is 7.04. The zero-order valence-electron chi connectivity index (χ0n) is 10.6. The van der Waals surface area contributed by atoms with Crippen LogP contribution in [0.5, 0.6) is 0 Å². The highest BCUT2D eigenvalue weighted by molar-refractivity contribution is 6.03. The third kappa shape index (κ3) is 2.25. The highest BCUT2D eigenvalue weighted by Gasteiger charge is 2.13. The molecule has 4 heteroatoms. The molecule has 2 aromatic heterocycles. The minimum atomic E-state index is 0.0635. The van der Waals surface area contributed by atoms with Crippen molar-refractivity contribution in [3.8, 4) is 0 Å². The Kier molecular flexibility index (Phi) is 2.83. The first-order valence-electron chi connectivity index (χ1n) is 6.10. The predicted molar refractivity (Wildman–Crippen MR) is 72.2 cm³/mol. The maximum absolute atomic E-state index is 12.3. The van der Waals surface area contributed by atoms with Gasteiger partial charge in [-0.1, -0.05) is 29.8 Å². The second-order valence-corrected chi connectivity index (χ2v) is 4.55. The van der Waals surface area contributed by atoms with E-state index in [4.69, 9.17) is 0 Å². The van der Waals surface area contributed by atoms with E-state index >= 15 is 0 Å². The summed E-state index contributed by atoms with van der Waals surface area (Å²) in [5.74, 6) is 0.0635. The van der Waals surface area contributed by atoms with Crippen molar-refractivity contribution < 1.29 is 4.79 Å². The van der Waals surface area contributed by atoms with Crippen molar-refractivity contribution >= 4 is 11.3 Å². The second-order valence-electron chi connectivity index (χ2n) is 4.55. The van der Waals surface area contributed by atoms with Gasteiger partial charge in [0.05, 0.1) is 23.5 Å². The highest BCUT2D eigenvalue weighted by Crippen LogP contribution is 2.13. The lowest BCUT2D eigenvalue weighted by molar-refractivity contribution is 0.0994. The summed E-state index contributed by atoms with van der Waals surface area (Å²) in [5.41, 5.74) is 3.55. The summed E-state index contributed by atoms with van der Waals surface area (Å²) >= 11 is 0. The Morgan fingerprint density at radius 2 is 2.21 bits per heavy atom. The van der Waals surface area contributed by atoms with Gasteiger partial charge < -0.3 is 0 Å². The van der Waals surface area contributed by atoms with Crippen molar-refractivity contribution in [2.45, 2.75) is 13.3 Å². The number of hydrogen-bond acceptors (Lipinski definition) is 3. The average molecular weight is 251 g/mol. The van der Waals surface area contributed by atoms with Crippen LogP contribution in [0, 0.1) is 6.92 Å². The van der Waals surface area contributed by atoms with E-state index in [-0.39, 0.29) is 5.78 Å². The van der Waals surface area contributed by atoms with Crippen LogP contribution in [-0.4, -0.2) is 20.4 Å². The molecular formula is C15H13N3O. The van der Waals surface area contributed by atoms with Gasteiger partial charge >= 0.3 is 0 Å². The first kappa shape index (κ1) is 11.6. The van der Waals surface area contributed by atoms with Gasteiger partial charge in [0.15, 0.2) is 5.78 Å². The van der Waals surface area contributed by atoms with Crippen LogP contribution in [0.4, 0.5) is 0 Å². The van der Waals surface area contributed by atoms with E-state index in [0.29, 0.717) is 12.0 Å². The third-order valence-electron chi connectivity index (χ3n) is 3.07. The molecule has 0 N–H and O–H groups in total. The van der Waals surface area contributed by atoms with Crippen molar-refractivity contribution in [1.82, 2.24) is 14.6 Å². The summed E-state index contributed by atoms with van der Waals surface area (Å²) in [6, 6.07) is 7.99. The molecule has 3 aromatic rings. The molecule has 94 valence electrons. The van der Waals surface area contributed by atoms with Crippen LogP contribution in [0.25, 0.3) is 5.52 Å². The number of fused-ring (bicyclic) bond motifs is 1. The van der Waals surface area contributed by atoms with Gasteiger partial charge in [-0.15, -0.1) is 0 Å². The first-order chi connectivity index (χ1) is 9.24. The molecule has 0 saturated carbocycles. The van der Waals surface area contributed by atoms with E-state index in [2.05, 4.69) is 10.1 Å². The Morgan fingerprint density at radius 3 is 3.05 bits per heavy atom.